The van der Waals surface area contributed by atoms with Gasteiger partial charge in [0, 0.05) is 12.8 Å². The summed E-state index contributed by atoms with van der Waals surface area (Å²) in [4.78, 5) is 13.5. The van der Waals surface area contributed by atoms with E-state index in [1.165, 1.54) is 17.0 Å². The molecule has 0 bridgehead atoms. The van der Waals surface area contributed by atoms with Crippen molar-refractivity contribution in [3.8, 4) is 5.75 Å². The SMILES string of the molecule is C/C=C/c1nn(CCC(C)(C)C)c(=O)c(C2=NP(=O)(OCC)c3cc(NS(C)(O)O)ccc3N2)c1O. The Kier molecular flexibility index (Phi) is 8.07. The van der Waals surface area contributed by atoms with Crippen molar-refractivity contribution in [1.82, 2.24) is 9.78 Å². The van der Waals surface area contributed by atoms with Gasteiger partial charge in [-0.25, -0.2) is 4.68 Å². The second-order valence-electron chi connectivity index (χ2n) is 9.63. The van der Waals surface area contributed by atoms with E-state index in [0.29, 0.717) is 24.3 Å². The lowest BCUT2D eigenvalue weighted by atomic mass is 9.92. The number of fused-ring (bicyclic) bond motifs is 1. The predicted octanol–water partition coefficient (Wildman–Crippen LogP) is 4.85. The van der Waals surface area contributed by atoms with Crippen molar-refractivity contribution in [3.63, 3.8) is 0 Å². The molecule has 1 aromatic heterocycles. The molecule has 0 amide bonds. The van der Waals surface area contributed by atoms with Gasteiger partial charge in [0.2, 0.25) is 0 Å². The van der Waals surface area contributed by atoms with E-state index < -0.39 is 23.9 Å². The standard InChI is InChI=1S/C23H34N5O6PS/c1-7-9-17-20(29)19(22(30)28(25-17)13-12-23(3,4)5)21-24-16-11-10-15(27-36(6,32)33)14-18(16)35(31,26-21)34-8-2/h7,9-11,14,27,29,32-33H,8,12-13H2,1-6H3,(H,24,26,31)/b9-7+. The van der Waals surface area contributed by atoms with Crippen LogP contribution in [0.15, 0.2) is 33.8 Å². The van der Waals surface area contributed by atoms with Gasteiger partial charge >= 0.3 is 7.52 Å². The molecule has 0 saturated heterocycles. The van der Waals surface area contributed by atoms with Crippen LogP contribution in [-0.2, 0) is 15.6 Å². The summed E-state index contributed by atoms with van der Waals surface area (Å²) >= 11 is 0. The highest BCUT2D eigenvalue weighted by Gasteiger charge is 2.36. The molecule has 36 heavy (non-hydrogen) atoms. The second-order valence-corrected chi connectivity index (χ2v) is 13.5. The summed E-state index contributed by atoms with van der Waals surface area (Å²) in [6.45, 7) is 9.95. The van der Waals surface area contributed by atoms with Gasteiger partial charge in [-0.3, -0.25) is 23.2 Å². The van der Waals surface area contributed by atoms with Crippen molar-refractivity contribution in [3.05, 3.63) is 45.9 Å². The van der Waals surface area contributed by atoms with Gasteiger partial charge in [0.1, 0.15) is 11.3 Å². The van der Waals surface area contributed by atoms with Crippen LogP contribution >= 0.6 is 18.3 Å². The highest BCUT2D eigenvalue weighted by molar-refractivity contribution is 8.24. The molecule has 13 heteroatoms. The lowest BCUT2D eigenvalue weighted by Crippen LogP contribution is -2.35. The predicted molar refractivity (Wildman–Crippen MR) is 147 cm³/mol. The van der Waals surface area contributed by atoms with E-state index in [1.807, 2.05) is 0 Å². The average Bonchev–Trinajstić information content (AvgIpc) is 2.74. The Morgan fingerprint density at radius 2 is 2.00 bits per heavy atom. The Morgan fingerprint density at radius 1 is 1.31 bits per heavy atom. The lowest BCUT2D eigenvalue weighted by molar-refractivity contribution is 0.334. The number of benzene rings is 1. The zero-order valence-electron chi connectivity index (χ0n) is 21.3. The van der Waals surface area contributed by atoms with Crippen LogP contribution in [0.25, 0.3) is 6.08 Å². The van der Waals surface area contributed by atoms with E-state index in [4.69, 9.17) is 4.52 Å². The fourth-order valence-corrected chi connectivity index (χ4v) is 5.92. The van der Waals surface area contributed by atoms with Gasteiger partial charge in [0.25, 0.3) is 5.56 Å². The highest BCUT2D eigenvalue weighted by Crippen LogP contribution is 2.52. The fraction of sp³-hybridized carbons (Fsp3) is 0.435. The first-order valence-corrected chi connectivity index (χ1v) is 15.0. The molecule has 1 unspecified atom stereocenters. The van der Waals surface area contributed by atoms with Crippen molar-refractivity contribution in [2.45, 2.75) is 47.6 Å². The number of anilines is 2. The third-order valence-corrected chi connectivity index (χ3v) is 7.87. The van der Waals surface area contributed by atoms with E-state index in [-0.39, 0.29) is 40.2 Å². The number of hydrogen-bond donors (Lipinski definition) is 5. The highest BCUT2D eigenvalue weighted by atomic mass is 32.3. The van der Waals surface area contributed by atoms with Crippen LogP contribution in [0.2, 0.25) is 0 Å². The molecule has 0 aliphatic carbocycles. The van der Waals surface area contributed by atoms with Crippen LogP contribution in [0.3, 0.4) is 0 Å². The number of aryl methyl sites for hydroxylation is 1. The van der Waals surface area contributed by atoms with Crippen LogP contribution in [-0.4, -0.2) is 42.7 Å². The normalized spacial score (nSPS) is 18.5. The number of aromatic nitrogens is 2. The minimum atomic E-state index is -3.91. The number of nitrogens with one attached hydrogen (secondary N) is 2. The van der Waals surface area contributed by atoms with Crippen LogP contribution in [0, 0.1) is 5.41 Å². The van der Waals surface area contributed by atoms with Crippen LogP contribution in [0.5, 0.6) is 5.75 Å². The summed E-state index contributed by atoms with van der Waals surface area (Å²) in [7, 11) is -6.99. The van der Waals surface area contributed by atoms with Crippen molar-refractivity contribution in [2.75, 3.05) is 22.9 Å². The van der Waals surface area contributed by atoms with Gasteiger partial charge < -0.3 is 14.9 Å². The first-order valence-electron chi connectivity index (χ1n) is 11.4. The molecule has 5 N–H and O–H groups in total. The summed E-state index contributed by atoms with van der Waals surface area (Å²) in [6.07, 6.45) is 5.15. The smallest absolute Gasteiger partial charge is 0.348 e. The van der Waals surface area contributed by atoms with Gasteiger partial charge in [-0.05, 0) is 50.0 Å². The number of aromatic hydroxyl groups is 1. The minimum Gasteiger partial charge on any atom is -0.505 e. The molecule has 0 spiro atoms. The van der Waals surface area contributed by atoms with Crippen LogP contribution in [0.1, 0.15) is 52.3 Å². The molecule has 0 saturated carbocycles. The Bertz CT molecular complexity index is 1310. The van der Waals surface area contributed by atoms with E-state index in [0.717, 1.165) is 0 Å². The summed E-state index contributed by atoms with van der Waals surface area (Å²) in [6, 6.07) is 4.57. The molecular formula is C23H34N5O6PS. The summed E-state index contributed by atoms with van der Waals surface area (Å²) in [5.74, 6) is -0.485. The third-order valence-electron chi connectivity index (χ3n) is 5.19. The quantitative estimate of drug-likeness (QED) is 0.296. The number of amidine groups is 1. The molecule has 1 aliphatic heterocycles. The monoisotopic (exact) mass is 539 g/mol. The van der Waals surface area contributed by atoms with Crippen LogP contribution in [0.4, 0.5) is 11.4 Å². The maximum atomic E-state index is 13.9. The largest absolute Gasteiger partial charge is 0.505 e. The molecule has 2 aromatic rings. The van der Waals surface area contributed by atoms with Crippen molar-refractivity contribution >= 4 is 46.9 Å². The number of rotatable bonds is 8. The molecule has 1 aliphatic rings. The van der Waals surface area contributed by atoms with E-state index in [1.54, 1.807) is 38.1 Å². The number of hydrogen-bond acceptors (Lipinski definition) is 9. The van der Waals surface area contributed by atoms with Crippen molar-refractivity contribution in [2.24, 2.45) is 10.2 Å². The third kappa shape index (κ3) is 6.37. The molecule has 2 heterocycles. The molecular weight excluding hydrogens is 505 g/mol. The Balaban J connectivity index is 2.19. The van der Waals surface area contributed by atoms with Gasteiger partial charge in [-0.15, -0.1) is 10.8 Å². The number of allylic oxidation sites excluding steroid dienone is 1. The van der Waals surface area contributed by atoms with E-state index in [2.05, 4.69) is 40.7 Å². The van der Waals surface area contributed by atoms with Gasteiger partial charge in [0.15, 0.2) is 11.6 Å². The molecule has 1 aromatic carbocycles. The molecule has 0 fully saturated rings. The topological polar surface area (TPSA) is 158 Å². The molecule has 11 nitrogen and oxygen atoms in total. The maximum absolute atomic E-state index is 13.9. The van der Waals surface area contributed by atoms with Crippen LogP contribution < -0.4 is 20.9 Å². The Hall–Kier alpha value is -2.63. The second kappa shape index (κ2) is 10.4. The summed E-state index contributed by atoms with van der Waals surface area (Å²) in [5.41, 5.74) is 0.0259. The first-order chi connectivity index (χ1) is 16.7. The van der Waals surface area contributed by atoms with Gasteiger partial charge in [0.05, 0.1) is 23.3 Å². The Morgan fingerprint density at radius 3 is 2.58 bits per heavy atom. The zero-order chi connectivity index (χ0) is 26.9. The zero-order valence-corrected chi connectivity index (χ0v) is 23.0. The molecule has 0 radical (unpaired) electrons. The molecule has 3 rings (SSSR count). The lowest BCUT2D eigenvalue weighted by Gasteiger charge is -2.30. The van der Waals surface area contributed by atoms with Crippen molar-refractivity contribution < 1.29 is 23.3 Å². The maximum Gasteiger partial charge on any atom is 0.348 e. The summed E-state index contributed by atoms with van der Waals surface area (Å²) < 4.78 is 47.1. The van der Waals surface area contributed by atoms with Gasteiger partial charge in [-0.1, -0.05) is 26.8 Å². The average molecular weight is 540 g/mol. The minimum absolute atomic E-state index is 0.0587. The fourth-order valence-electron chi connectivity index (χ4n) is 3.54. The van der Waals surface area contributed by atoms with E-state index >= 15 is 0 Å². The summed E-state index contributed by atoms with van der Waals surface area (Å²) in [5, 5.41) is 18.5. The number of nitrogens with zero attached hydrogens (tertiary/aromatic N) is 3. The van der Waals surface area contributed by atoms with Gasteiger partial charge in [-0.2, -0.15) is 9.86 Å². The Labute approximate surface area is 212 Å². The van der Waals surface area contributed by atoms with Crippen molar-refractivity contribution in [1.29, 1.82) is 0 Å². The van der Waals surface area contributed by atoms with E-state index in [9.17, 15) is 23.6 Å². The first kappa shape index (κ1) is 27.9. The molecule has 1 atom stereocenters. The molecule has 198 valence electrons.